The summed E-state index contributed by atoms with van der Waals surface area (Å²) in [5, 5.41) is 5.57. The number of imidazole rings is 1. The number of carbonyl (C=O) groups is 1. The van der Waals surface area contributed by atoms with Gasteiger partial charge in [0.1, 0.15) is 30.0 Å². The second-order valence-electron chi connectivity index (χ2n) is 13.0. The number of carbonyl (C=O) groups excluding carboxylic acids is 1. The first-order chi connectivity index (χ1) is 26.8. The smallest absolute Gasteiger partial charge is 0.329 e. The van der Waals surface area contributed by atoms with Gasteiger partial charge in [0.2, 0.25) is 10.0 Å². The number of halogens is 3. The number of ether oxygens (including phenoxy) is 2. The average molecular weight is 851 g/mol. The number of aromatic amines is 1. The maximum Gasteiger partial charge on any atom is 0.329 e. The van der Waals surface area contributed by atoms with Crippen LogP contribution in [0.4, 0.5) is 4.79 Å². The van der Waals surface area contributed by atoms with Gasteiger partial charge in [0, 0.05) is 57.2 Å². The molecule has 4 heterocycles. The molecule has 1 aliphatic heterocycles. The topological polar surface area (TPSA) is 161 Å². The summed E-state index contributed by atoms with van der Waals surface area (Å²) in [6, 6.07) is 7.68. The number of rotatable bonds is 13. The van der Waals surface area contributed by atoms with Crippen LogP contribution in [-0.4, -0.2) is 117 Å². The molecule has 1 aliphatic rings. The summed E-state index contributed by atoms with van der Waals surface area (Å²) in [6.45, 7) is 9.76. The molecule has 0 bridgehead atoms. The summed E-state index contributed by atoms with van der Waals surface area (Å²) in [5.41, 5.74) is 1.75. The van der Waals surface area contributed by atoms with E-state index in [1.807, 2.05) is 27.8 Å². The molecule has 56 heavy (non-hydrogen) atoms. The summed E-state index contributed by atoms with van der Waals surface area (Å²) in [6.07, 6.45) is 7.02. The van der Waals surface area contributed by atoms with E-state index >= 15 is 0 Å². The third-order valence-electron chi connectivity index (χ3n) is 8.92. The molecular weight excluding hydrogens is 805 g/mol. The molecule has 1 N–H and O–H groups in total. The van der Waals surface area contributed by atoms with Crippen molar-refractivity contribution in [2.45, 2.75) is 44.9 Å². The zero-order valence-electron chi connectivity index (χ0n) is 32.0. The molecule has 19 heteroatoms. The number of likely N-dealkylation sites (N-methyl/N-ethyl adjacent to an activating group) is 1. The van der Waals surface area contributed by atoms with Gasteiger partial charge < -0.3 is 24.3 Å². The Morgan fingerprint density at radius 2 is 1.68 bits per heavy atom. The van der Waals surface area contributed by atoms with Crippen LogP contribution in [-0.2, 0) is 23.5 Å². The number of H-pyrrole nitrogens is 1. The quantitative estimate of drug-likeness (QED) is 0.144. The SMILES string of the molecule is CCCN(CCOc1c(Cl)cc(Cl)cc1Cl)C(=O)n1ccnc1.CCCc1nn(C)c2c(=O)[nH]c(-c3cc(S(=O)(=O)N4CCN(C)CC4)ccc3OCC)nc12. The number of fused-ring (bicyclic) bond motifs is 1. The summed E-state index contributed by atoms with van der Waals surface area (Å²) in [5.74, 6) is 1.08. The Morgan fingerprint density at radius 3 is 2.30 bits per heavy atom. The number of piperazine rings is 1. The molecule has 0 radical (unpaired) electrons. The predicted molar refractivity (Wildman–Crippen MR) is 218 cm³/mol. The number of hydrogen-bond acceptors (Lipinski definition) is 10. The highest BCUT2D eigenvalue weighted by Crippen LogP contribution is 2.36. The third-order valence-corrected chi connectivity index (χ3v) is 11.6. The highest BCUT2D eigenvalue weighted by atomic mass is 35.5. The maximum absolute atomic E-state index is 13.3. The van der Waals surface area contributed by atoms with E-state index in [1.54, 1.807) is 54.7 Å². The number of hydrogen-bond donors (Lipinski definition) is 1. The second-order valence-corrected chi connectivity index (χ2v) is 16.2. The maximum atomic E-state index is 13.3. The van der Waals surface area contributed by atoms with E-state index in [1.165, 1.54) is 19.9 Å². The number of amides is 1. The molecule has 0 spiro atoms. The van der Waals surface area contributed by atoms with Gasteiger partial charge in [-0.05, 0) is 57.1 Å². The van der Waals surface area contributed by atoms with E-state index in [2.05, 4.69) is 20.0 Å². The summed E-state index contributed by atoms with van der Waals surface area (Å²) < 4.78 is 42.5. The van der Waals surface area contributed by atoms with Gasteiger partial charge in [0.15, 0.2) is 11.3 Å². The fourth-order valence-electron chi connectivity index (χ4n) is 6.13. The first kappa shape index (κ1) is 42.9. The Balaban J connectivity index is 0.000000229. The highest BCUT2D eigenvalue weighted by molar-refractivity contribution is 7.89. The molecule has 1 amide bonds. The first-order valence-electron chi connectivity index (χ1n) is 18.2. The zero-order valence-corrected chi connectivity index (χ0v) is 35.1. The standard InChI is InChI=1S/C22H30N6O4S.C15H16Cl3N3O2/c1-5-7-17-19-20(27(4)25-17)22(29)24-21(23-19)16-14-15(8-9-18(16)32-6-2)33(30,31)28-12-10-26(3)11-13-28;1-2-4-20(15(22)21-5-3-19-10-21)6-7-23-14-12(17)8-11(16)9-13(14)18/h8-9,14H,5-7,10-13H2,1-4H3,(H,23,24,29);3,5,8-10H,2,4,6-7H2,1H3. The van der Waals surface area contributed by atoms with Crippen molar-refractivity contribution in [1.82, 2.24) is 43.4 Å². The molecule has 0 aliphatic carbocycles. The lowest BCUT2D eigenvalue weighted by Gasteiger charge is -2.31. The van der Waals surface area contributed by atoms with Gasteiger partial charge in [-0.25, -0.2) is 23.2 Å². The lowest BCUT2D eigenvalue weighted by atomic mass is 10.1. The van der Waals surface area contributed by atoms with Gasteiger partial charge in [-0.2, -0.15) is 9.40 Å². The lowest BCUT2D eigenvalue weighted by molar-refractivity contribution is 0.184. The van der Waals surface area contributed by atoms with Crippen LogP contribution in [0.2, 0.25) is 15.1 Å². The lowest BCUT2D eigenvalue weighted by Crippen LogP contribution is -2.47. The van der Waals surface area contributed by atoms with E-state index in [0.29, 0.717) is 95.5 Å². The number of nitrogens with one attached hydrogen (secondary N) is 1. The Morgan fingerprint density at radius 1 is 0.964 bits per heavy atom. The summed E-state index contributed by atoms with van der Waals surface area (Å²) in [4.78, 5) is 40.6. The monoisotopic (exact) mass is 849 g/mol. The molecule has 0 atom stereocenters. The van der Waals surface area contributed by atoms with Crippen molar-refractivity contribution in [3.05, 3.63) is 80.2 Å². The van der Waals surface area contributed by atoms with Crippen molar-refractivity contribution < 1.29 is 22.7 Å². The molecule has 1 saturated heterocycles. The van der Waals surface area contributed by atoms with Crippen LogP contribution < -0.4 is 15.0 Å². The minimum absolute atomic E-state index is 0.147. The molecule has 0 unspecified atom stereocenters. The van der Waals surface area contributed by atoms with Gasteiger partial charge in [0.05, 0.1) is 39.3 Å². The number of nitrogens with zero attached hydrogens (tertiary/aromatic N) is 8. The molecule has 6 rings (SSSR count). The second kappa shape index (κ2) is 19.3. The van der Waals surface area contributed by atoms with Crippen molar-refractivity contribution in [3.8, 4) is 22.9 Å². The third kappa shape index (κ3) is 10.0. The zero-order chi connectivity index (χ0) is 40.6. The molecule has 15 nitrogen and oxygen atoms in total. The van der Waals surface area contributed by atoms with E-state index in [0.717, 1.165) is 18.5 Å². The fraction of sp³-hybridized carbons (Fsp3) is 0.432. The van der Waals surface area contributed by atoms with Crippen LogP contribution in [0.1, 0.15) is 39.3 Å². The Labute approximate surface area is 341 Å². The molecule has 0 saturated carbocycles. The van der Waals surface area contributed by atoms with Crippen molar-refractivity contribution >= 4 is 61.9 Å². The van der Waals surface area contributed by atoms with Gasteiger partial charge in [-0.1, -0.05) is 55.1 Å². The molecule has 5 aromatic rings. The summed E-state index contributed by atoms with van der Waals surface area (Å²) in [7, 11) is -0.00831. The van der Waals surface area contributed by atoms with Crippen LogP contribution in [0.5, 0.6) is 11.5 Å². The van der Waals surface area contributed by atoms with Crippen LogP contribution in [0.3, 0.4) is 0 Å². The number of sulfonamides is 1. The van der Waals surface area contributed by atoms with E-state index in [4.69, 9.17) is 49.3 Å². The van der Waals surface area contributed by atoms with Gasteiger partial charge in [-0.3, -0.25) is 14.0 Å². The largest absolute Gasteiger partial charge is 0.493 e. The van der Waals surface area contributed by atoms with Crippen molar-refractivity contribution in [3.63, 3.8) is 0 Å². The number of aryl methyl sites for hydroxylation is 2. The van der Waals surface area contributed by atoms with Crippen LogP contribution in [0.25, 0.3) is 22.4 Å². The minimum atomic E-state index is -3.70. The molecule has 3 aromatic heterocycles. The van der Waals surface area contributed by atoms with Gasteiger partial charge in [0.25, 0.3) is 5.56 Å². The molecule has 2 aromatic carbocycles. The Bertz CT molecular complexity index is 2270. The molecule has 1 fully saturated rings. The van der Waals surface area contributed by atoms with E-state index < -0.39 is 10.0 Å². The number of benzene rings is 2. The number of aromatic nitrogens is 6. The summed E-state index contributed by atoms with van der Waals surface area (Å²) >= 11 is 18.0. The van der Waals surface area contributed by atoms with E-state index in [-0.39, 0.29) is 28.9 Å². The van der Waals surface area contributed by atoms with Gasteiger partial charge >= 0.3 is 6.03 Å². The van der Waals surface area contributed by atoms with Crippen LogP contribution in [0, 0.1) is 0 Å². The van der Waals surface area contributed by atoms with Crippen molar-refractivity contribution in [1.29, 1.82) is 0 Å². The predicted octanol–water partition coefficient (Wildman–Crippen LogP) is 6.21. The molecule has 302 valence electrons. The minimum Gasteiger partial charge on any atom is -0.493 e. The van der Waals surface area contributed by atoms with Gasteiger partial charge in [-0.15, -0.1) is 0 Å². The van der Waals surface area contributed by atoms with E-state index in [9.17, 15) is 18.0 Å². The Kier molecular flexibility index (Phi) is 14.8. The molecular formula is C37H46Cl3N9O6S. The highest BCUT2D eigenvalue weighted by Gasteiger charge is 2.29. The van der Waals surface area contributed by atoms with Crippen molar-refractivity contribution in [2.24, 2.45) is 7.05 Å². The Hall–Kier alpha value is -4.19. The fourth-order valence-corrected chi connectivity index (χ4v) is 8.50. The van der Waals surface area contributed by atoms with Crippen LogP contribution >= 0.6 is 34.8 Å². The normalized spacial score (nSPS) is 13.7. The first-order valence-corrected chi connectivity index (χ1v) is 20.8. The van der Waals surface area contributed by atoms with Crippen LogP contribution in [0.15, 0.2) is 58.7 Å². The average Bonchev–Trinajstić information content (AvgIpc) is 3.81. The van der Waals surface area contributed by atoms with Crippen molar-refractivity contribution in [2.75, 3.05) is 59.5 Å².